The minimum absolute atomic E-state index is 0.182. The van der Waals surface area contributed by atoms with E-state index in [1.165, 1.54) is 12.6 Å². The highest BCUT2D eigenvalue weighted by atomic mass is 16.5. The van der Waals surface area contributed by atoms with Crippen LogP contribution in [0.25, 0.3) is 0 Å². The van der Waals surface area contributed by atoms with Crippen LogP contribution >= 0.6 is 0 Å². The third-order valence-electron chi connectivity index (χ3n) is 2.32. The second kappa shape index (κ2) is 4.93. The van der Waals surface area contributed by atoms with Gasteiger partial charge in [-0.15, -0.1) is 0 Å². The molecule has 1 saturated heterocycles. The van der Waals surface area contributed by atoms with Crippen LogP contribution in [0.1, 0.15) is 19.3 Å². The van der Waals surface area contributed by atoms with Crippen molar-refractivity contribution in [2.24, 2.45) is 0 Å². The van der Waals surface area contributed by atoms with Gasteiger partial charge in [-0.2, -0.15) is 4.98 Å². The molecule has 1 aromatic rings. The maximum atomic E-state index is 5.53. The number of hydrogen-bond donors (Lipinski definition) is 1. The van der Waals surface area contributed by atoms with E-state index in [9.17, 15) is 0 Å². The van der Waals surface area contributed by atoms with Gasteiger partial charge >= 0.3 is 0 Å². The Hall–Kier alpha value is -1.36. The van der Waals surface area contributed by atoms with Crippen LogP contribution in [0.3, 0.4) is 0 Å². The molecular weight excluding hydrogens is 194 g/mol. The first kappa shape index (κ1) is 10.2. The van der Waals surface area contributed by atoms with Crippen molar-refractivity contribution >= 4 is 5.82 Å². The lowest BCUT2D eigenvalue weighted by molar-refractivity contribution is -0.0119. The van der Waals surface area contributed by atoms with Crippen molar-refractivity contribution in [1.29, 1.82) is 0 Å². The van der Waals surface area contributed by atoms with Crippen molar-refractivity contribution in [3.63, 3.8) is 0 Å². The normalized spacial score (nSPS) is 21.2. The van der Waals surface area contributed by atoms with Crippen LogP contribution in [0.5, 0.6) is 5.88 Å². The maximum absolute atomic E-state index is 5.53. The number of aromatic nitrogens is 2. The van der Waals surface area contributed by atoms with E-state index >= 15 is 0 Å². The van der Waals surface area contributed by atoms with E-state index in [1.807, 2.05) is 0 Å². The van der Waals surface area contributed by atoms with Gasteiger partial charge in [-0.25, -0.2) is 0 Å². The van der Waals surface area contributed by atoms with Gasteiger partial charge in [0.2, 0.25) is 5.88 Å². The Bertz CT molecular complexity index is 313. The molecule has 1 fully saturated rings. The molecule has 0 bridgehead atoms. The van der Waals surface area contributed by atoms with Crippen LogP contribution in [0.4, 0.5) is 5.82 Å². The minimum atomic E-state index is 0.182. The summed E-state index contributed by atoms with van der Waals surface area (Å²) in [5, 5.41) is 0. The first-order chi connectivity index (χ1) is 7.34. The lowest BCUT2D eigenvalue weighted by Crippen LogP contribution is -2.26. The van der Waals surface area contributed by atoms with Crippen LogP contribution in [0, 0.1) is 0 Å². The SMILES string of the molecule is Nc1cncc(OCC2CCCCO2)n1. The molecule has 2 heterocycles. The summed E-state index contributed by atoms with van der Waals surface area (Å²) in [6, 6.07) is 0. The third kappa shape index (κ3) is 3.06. The fraction of sp³-hybridized carbons (Fsp3) is 0.600. The lowest BCUT2D eigenvalue weighted by Gasteiger charge is -2.22. The highest BCUT2D eigenvalue weighted by molar-refractivity contribution is 5.25. The van der Waals surface area contributed by atoms with Crippen molar-refractivity contribution in [3.8, 4) is 5.88 Å². The Kier molecular flexibility index (Phi) is 3.34. The second-order valence-corrected chi connectivity index (χ2v) is 3.58. The van der Waals surface area contributed by atoms with Crippen molar-refractivity contribution in [3.05, 3.63) is 12.4 Å². The molecule has 1 aliphatic heterocycles. The standard InChI is InChI=1S/C10H15N3O2/c11-9-5-12-6-10(13-9)15-7-8-3-1-2-4-14-8/h5-6,8H,1-4,7H2,(H2,11,13). The summed E-state index contributed by atoms with van der Waals surface area (Å²) in [6.07, 6.45) is 6.63. The van der Waals surface area contributed by atoms with E-state index in [2.05, 4.69) is 9.97 Å². The number of nitrogens with two attached hydrogens (primary N) is 1. The van der Waals surface area contributed by atoms with Crippen molar-refractivity contribution in [2.75, 3.05) is 18.9 Å². The molecule has 15 heavy (non-hydrogen) atoms. The van der Waals surface area contributed by atoms with E-state index in [1.54, 1.807) is 6.20 Å². The Labute approximate surface area is 88.6 Å². The van der Waals surface area contributed by atoms with Gasteiger partial charge in [0.05, 0.1) is 18.5 Å². The summed E-state index contributed by atoms with van der Waals surface area (Å²) < 4.78 is 11.0. The molecule has 2 rings (SSSR count). The predicted molar refractivity (Wildman–Crippen MR) is 55.5 cm³/mol. The van der Waals surface area contributed by atoms with Gasteiger partial charge in [0.15, 0.2) is 0 Å². The van der Waals surface area contributed by atoms with E-state index in [0.29, 0.717) is 18.3 Å². The molecule has 0 amide bonds. The zero-order valence-corrected chi connectivity index (χ0v) is 8.56. The highest BCUT2D eigenvalue weighted by Crippen LogP contribution is 2.14. The van der Waals surface area contributed by atoms with Crippen molar-refractivity contribution in [1.82, 2.24) is 9.97 Å². The number of rotatable bonds is 3. The first-order valence-electron chi connectivity index (χ1n) is 5.16. The molecule has 5 nitrogen and oxygen atoms in total. The molecule has 1 atom stereocenters. The van der Waals surface area contributed by atoms with Gasteiger partial charge in [-0.3, -0.25) is 4.98 Å². The monoisotopic (exact) mass is 209 g/mol. The van der Waals surface area contributed by atoms with Gasteiger partial charge in [-0.1, -0.05) is 0 Å². The molecule has 0 aliphatic carbocycles. The molecule has 82 valence electrons. The van der Waals surface area contributed by atoms with Crippen LogP contribution in [-0.4, -0.2) is 29.3 Å². The van der Waals surface area contributed by atoms with Crippen LogP contribution in [0.2, 0.25) is 0 Å². The molecule has 0 aromatic carbocycles. The molecule has 1 unspecified atom stereocenters. The fourth-order valence-corrected chi connectivity index (χ4v) is 1.55. The van der Waals surface area contributed by atoms with E-state index in [4.69, 9.17) is 15.2 Å². The molecule has 5 heteroatoms. The fourth-order valence-electron chi connectivity index (χ4n) is 1.55. The molecule has 0 saturated carbocycles. The smallest absolute Gasteiger partial charge is 0.234 e. The van der Waals surface area contributed by atoms with E-state index in [-0.39, 0.29) is 6.10 Å². The van der Waals surface area contributed by atoms with Crippen LogP contribution in [-0.2, 0) is 4.74 Å². The van der Waals surface area contributed by atoms with Crippen molar-refractivity contribution in [2.45, 2.75) is 25.4 Å². The zero-order valence-electron chi connectivity index (χ0n) is 8.56. The zero-order chi connectivity index (χ0) is 10.5. The number of nitrogens with zero attached hydrogens (tertiary/aromatic N) is 2. The lowest BCUT2D eigenvalue weighted by atomic mass is 10.1. The Morgan fingerprint density at radius 1 is 1.47 bits per heavy atom. The summed E-state index contributed by atoms with van der Waals surface area (Å²) in [7, 11) is 0. The number of anilines is 1. The summed E-state index contributed by atoms with van der Waals surface area (Å²) in [6.45, 7) is 1.36. The molecule has 1 aromatic heterocycles. The van der Waals surface area contributed by atoms with Crippen molar-refractivity contribution < 1.29 is 9.47 Å². The van der Waals surface area contributed by atoms with Gasteiger partial charge in [0.1, 0.15) is 12.4 Å². The number of nitrogen functional groups attached to an aromatic ring is 1. The maximum Gasteiger partial charge on any atom is 0.234 e. The quantitative estimate of drug-likeness (QED) is 0.804. The molecule has 2 N–H and O–H groups in total. The highest BCUT2D eigenvalue weighted by Gasteiger charge is 2.14. The minimum Gasteiger partial charge on any atom is -0.474 e. The average molecular weight is 209 g/mol. The molecule has 1 aliphatic rings. The Morgan fingerprint density at radius 3 is 3.13 bits per heavy atom. The first-order valence-corrected chi connectivity index (χ1v) is 5.16. The van der Waals surface area contributed by atoms with Crippen LogP contribution in [0.15, 0.2) is 12.4 Å². The van der Waals surface area contributed by atoms with Gasteiger partial charge in [0.25, 0.3) is 0 Å². The molecule has 0 radical (unpaired) electrons. The second-order valence-electron chi connectivity index (χ2n) is 3.58. The van der Waals surface area contributed by atoms with E-state index in [0.717, 1.165) is 19.4 Å². The Morgan fingerprint density at radius 2 is 2.40 bits per heavy atom. The summed E-state index contributed by atoms with van der Waals surface area (Å²) in [5.74, 6) is 0.834. The third-order valence-corrected chi connectivity index (χ3v) is 2.32. The van der Waals surface area contributed by atoms with Gasteiger partial charge in [-0.05, 0) is 19.3 Å². The van der Waals surface area contributed by atoms with Gasteiger partial charge < -0.3 is 15.2 Å². The number of ether oxygens (including phenoxy) is 2. The van der Waals surface area contributed by atoms with Gasteiger partial charge in [0, 0.05) is 6.61 Å². The Balaban J connectivity index is 1.81. The summed E-state index contributed by atoms with van der Waals surface area (Å²) in [4.78, 5) is 7.89. The molecular formula is C10H15N3O2. The predicted octanol–water partition coefficient (Wildman–Crippen LogP) is 1.01. The summed E-state index contributed by atoms with van der Waals surface area (Å²) in [5.41, 5.74) is 5.48. The molecule has 0 spiro atoms. The van der Waals surface area contributed by atoms with Crippen LogP contribution < -0.4 is 10.5 Å². The largest absolute Gasteiger partial charge is 0.474 e. The topological polar surface area (TPSA) is 70.3 Å². The average Bonchev–Trinajstić information content (AvgIpc) is 2.28. The van der Waals surface area contributed by atoms with E-state index < -0.39 is 0 Å². The number of hydrogen-bond acceptors (Lipinski definition) is 5. The summed E-state index contributed by atoms with van der Waals surface area (Å²) >= 11 is 0.